The normalized spacial score (nSPS) is 11.1. The molecule has 2 rings (SSSR count). The van der Waals surface area contributed by atoms with Crippen molar-refractivity contribution in [1.29, 1.82) is 0 Å². The summed E-state index contributed by atoms with van der Waals surface area (Å²) in [5.41, 5.74) is 1.66. The largest absolute Gasteiger partial charge is 0.497 e. The Bertz CT molecular complexity index is 834. The van der Waals surface area contributed by atoms with Gasteiger partial charge < -0.3 is 10.1 Å². The van der Waals surface area contributed by atoms with Gasteiger partial charge in [0.15, 0.2) is 0 Å². The fraction of sp³-hybridized carbons (Fsp3) is 0.278. The molecular formula is C18H22N2O4S. The molecule has 0 aliphatic carbocycles. The molecule has 0 unspecified atom stereocenters. The van der Waals surface area contributed by atoms with Crippen molar-refractivity contribution >= 4 is 15.9 Å². The molecule has 6 nitrogen and oxygen atoms in total. The minimum atomic E-state index is -3.70. The summed E-state index contributed by atoms with van der Waals surface area (Å²) in [7, 11) is -2.10. The predicted molar refractivity (Wildman–Crippen MR) is 96.1 cm³/mol. The molecule has 0 bridgehead atoms. The monoisotopic (exact) mass is 362 g/mol. The maximum absolute atomic E-state index is 12.2. The van der Waals surface area contributed by atoms with Gasteiger partial charge in [0.2, 0.25) is 15.9 Å². The first kappa shape index (κ1) is 19.0. The van der Waals surface area contributed by atoms with E-state index in [9.17, 15) is 13.2 Å². The third kappa shape index (κ3) is 5.58. The molecule has 0 atom stereocenters. The van der Waals surface area contributed by atoms with Gasteiger partial charge in [-0.1, -0.05) is 30.3 Å². The van der Waals surface area contributed by atoms with Crippen molar-refractivity contribution in [3.8, 4) is 5.75 Å². The molecule has 2 N–H and O–H groups in total. The van der Waals surface area contributed by atoms with Crippen LogP contribution in [0, 0.1) is 6.92 Å². The van der Waals surface area contributed by atoms with E-state index in [2.05, 4.69) is 10.0 Å². The summed E-state index contributed by atoms with van der Waals surface area (Å²) in [5, 5.41) is 2.70. The second-order valence-electron chi connectivity index (χ2n) is 5.54. The summed E-state index contributed by atoms with van der Waals surface area (Å²) in [6, 6.07) is 14.2. The van der Waals surface area contributed by atoms with E-state index in [1.807, 2.05) is 24.3 Å². The summed E-state index contributed by atoms with van der Waals surface area (Å²) >= 11 is 0. The van der Waals surface area contributed by atoms with Crippen molar-refractivity contribution in [3.63, 3.8) is 0 Å². The minimum absolute atomic E-state index is 0.180. The second kappa shape index (κ2) is 8.64. The van der Waals surface area contributed by atoms with E-state index in [4.69, 9.17) is 4.74 Å². The lowest BCUT2D eigenvalue weighted by Crippen LogP contribution is -2.37. The fourth-order valence-electron chi connectivity index (χ4n) is 2.33. The van der Waals surface area contributed by atoms with Crippen LogP contribution in [-0.2, 0) is 21.2 Å². The lowest BCUT2D eigenvalue weighted by molar-refractivity contribution is -0.119. The molecule has 0 fully saturated rings. The summed E-state index contributed by atoms with van der Waals surface area (Å²) in [6.07, 6.45) is 0.632. The molecule has 2 aromatic carbocycles. The topological polar surface area (TPSA) is 84.5 Å². The number of benzene rings is 2. The molecular weight excluding hydrogens is 340 g/mol. The molecule has 0 saturated carbocycles. The van der Waals surface area contributed by atoms with E-state index >= 15 is 0 Å². The van der Waals surface area contributed by atoms with E-state index in [0.717, 1.165) is 11.3 Å². The first-order chi connectivity index (χ1) is 11.9. The fourth-order valence-corrected chi connectivity index (χ4v) is 3.56. The number of rotatable bonds is 8. The van der Waals surface area contributed by atoms with Crippen LogP contribution in [0.3, 0.4) is 0 Å². The van der Waals surface area contributed by atoms with Gasteiger partial charge in [-0.05, 0) is 42.7 Å². The number of amides is 1. The number of methoxy groups -OCH3 is 1. The first-order valence-corrected chi connectivity index (χ1v) is 9.35. The van der Waals surface area contributed by atoms with E-state index in [1.54, 1.807) is 32.2 Å². The summed E-state index contributed by atoms with van der Waals surface area (Å²) in [4.78, 5) is 12.0. The lowest BCUT2D eigenvalue weighted by atomic mass is 10.1. The molecule has 7 heteroatoms. The van der Waals surface area contributed by atoms with Gasteiger partial charge in [-0.25, -0.2) is 13.1 Å². The Labute approximate surface area is 148 Å². The quantitative estimate of drug-likeness (QED) is 0.748. The average Bonchev–Trinajstić information content (AvgIpc) is 2.60. The Hall–Kier alpha value is -2.38. The maximum atomic E-state index is 12.2. The number of hydrogen-bond donors (Lipinski definition) is 2. The van der Waals surface area contributed by atoms with Crippen LogP contribution in [0.2, 0.25) is 0 Å². The Morgan fingerprint density at radius 1 is 1.12 bits per heavy atom. The molecule has 0 heterocycles. The highest BCUT2D eigenvalue weighted by atomic mass is 32.2. The van der Waals surface area contributed by atoms with Crippen LogP contribution in [0.25, 0.3) is 0 Å². The molecule has 134 valence electrons. The third-order valence-corrected chi connectivity index (χ3v) is 5.24. The van der Waals surface area contributed by atoms with Crippen molar-refractivity contribution in [2.45, 2.75) is 18.2 Å². The Balaban J connectivity index is 1.81. The highest BCUT2D eigenvalue weighted by Crippen LogP contribution is 2.14. The number of ether oxygens (including phenoxy) is 1. The van der Waals surface area contributed by atoms with Crippen LogP contribution < -0.4 is 14.8 Å². The standard InChI is InChI=1S/C18H22N2O4S/c1-14-6-3-4-9-17(14)25(22,23)20-13-18(21)19-11-10-15-7-5-8-16(12-15)24-2/h3-9,12,20H,10-11,13H2,1-2H3,(H,19,21). The van der Waals surface area contributed by atoms with Crippen LogP contribution in [0.15, 0.2) is 53.4 Å². The minimum Gasteiger partial charge on any atom is -0.497 e. The van der Waals surface area contributed by atoms with Crippen molar-refractivity contribution in [1.82, 2.24) is 10.0 Å². The number of nitrogens with one attached hydrogen (secondary N) is 2. The van der Waals surface area contributed by atoms with Gasteiger partial charge in [0.05, 0.1) is 18.6 Å². The van der Waals surface area contributed by atoms with Gasteiger partial charge in [-0.15, -0.1) is 0 Å². The zero-order chi connectivity index (χ0) is 18.3. The SMILES string of the molecule is COc1cccc(CCNC(=O)CNS(=O)(=O)c2ccccc2C)c1. The number of carbonyl (C=O) groups excluding carboxylic acids is 1. The van der Waals surface area contributed by atoms with Gasteiger partial charge in [0.25, 0.3) is 0 Å². The zero-order valence-electron chi connectivity index (χ0n) is 14.3. The number of aryl methyl sites for hydroxylation is 1. The Morgan fingerprint density at radius 3 is 2.60 bits per heavy atom. The molecule has 0 aliphatic heterocycles. The van der Waals surface area contributed by atoms with E-state index in [-0.39, 0.29) is 17.3 Å². The van der Waals surface area contributed by atoms with Gasteiger partial charge in [-0.2, -0.15) is 0 Å². The maximum Gasteiger partial charge on any atom is 0.241 e. The first-order valence-electron chi connectivity index (χ1n) is 7.87. The van der Waals surface area contributed by atoms with Crippen LogP contribution in [0.4, 0.5) is 0 Å². The third-order valence-electron chi connectivity index (χ3n) is 3.68. The number of hydrogen-bond acceptors (Lipinski definition) is 4. The van der Waals surface area contributed by atoms with Crippen molar-refractivity contribution < 1.29 is 17.9 Å². The Kier molecular flexibility index (Phi) is 6.55. The lowest BCUT2D eigenvalue weighted by Gasteiger charge is -2.10. The molecule has 2 aromatic rings. The number of sulfonamides is 1. The van der Waals surface area contributed by atoms with Crippen LogP contribution in [-0.4, -0.2) is 34.5 Å². The van der Waals surface area contributed by atoms with Crippen molar-refractivity contribution in [2.24, 2.45) is 0 Å². The van der Waals surface area contributed by atoms with Crippen molar-refractivity contribution in [3.05, 3.63) is 59.7 Å². The predicted octanol–water partition coefficient (Wildman–Crippen LogP) is 1.64. The van der Waals surface area contributed by atoms with Crippen LogP contribution in [0.5, 0.6) is 5.75 Å². The van der Waals surface area contributed by atoms with Gasteiger partial charge in [0.1, 0.15) is 5.75 Å². The van der Waals surface area contributed by atoms with Crippen LogP contribution in [0.1, 0.15) is 11.1 Å². The van der Waals surface area contributed by atoms with E-state index in [0.29, 0.717) is 18.5 Å². The van der Waals surface area contributed by atoms with Crippen LogP contribution >= 0.6 is 0 Å². The molecule has 0 saturated heterocycles. The highest BCUT2D eigenvalue weighted by molar-refractivity contribution is 7.89. The average molecular weight is 362 g/mol. The zero-order valence-corrected chi connectivity index (χ0v) is 15.1. The molecule has 1 amide bonds. The molecule has 25 heavy (non-hydrogen) atoms. The van der Waals surface area contributed by atoms with E-state index in [1.165, 1.54) is 6.07 Å². The molecule has 0 radical (unpaired) electrons. The Morgan fingerprint density at radius 2 is 1.88 bits per heavy atom. The molecule has 0 spiro atoms. The summed E-state index contributed by atoms with van der Waals surface area (Å²) in [5.74, 6) is 0.384. The smallest absolute Gasteiger partial charge is 0.241 e. The van der Waals surface area contributed by atoms with Gasteiger partial charge in [-0.3, -0.25) is 4.79 Å². The summed E-state index contributed by atoms with van der Waals surface area (Å²) < 4.78 is 31.9. The van der Waals surface area contributed by atoms with E-state index < -0.39 is 10.0 Å². The molecule has 0 aliphatic rings. The second-order valence-corrected chi connectivity index (χ2v) is 7.28. The van der Waals surface area contributed by atoms with Crippen molar-refractivity contribution in [2.75, 3.05) is 20.2 Å². The summed E-state index contributed by atoms with van der Waals surface area (Å²) in [6.45, 7) is 1.83. The number of carbonyl (C=O) groups is 1. The van der Waals surface area contributed by atoms with Gasteiger partial charge in [0, 0.05) is 6.54 Å². The van der Waals surface area contributed by atoms with Gasteiger partial charge >= 0.3 is 0 Å². The highest BCUT2D eigenvalue weighted by Gasteiger charge is 2.17. The molecule has 0 aromatic heterocycles.